The molecular weight excluding hydrogens is 697 g/mol. The Kier molecular flexibility index (Phi) is 42.5. The number of carbonyl (C=O) groups excluding carboxylic acids is 3. The maximum absolute atomic E-state index is 12.7. The van der Waals surface area contributed by atoms with Crippen molar-refractivity contribution in [1.82, 2.24) is 0 Å². The Balaban J connectivity index is 4.45. The topological polar surface area (TPSA) is 78.9 Å². The number of esters is 3. The van der Waals surface area contributed by atoms with Crippen LogP contribution in [-0.2, 0) is 28.6 Å². The molecule has 0 spiro atoms. The van der Waals surface area contributed by atoms with Crippen molar-refractivity contribution in [2.45, 2.75) is 226 Å². The normalized spacial score (nSPS) is 12.6. The van der Waals surface area contributed by atoms with E-state index in [1.807, 2.05) is 0 Å². The first kappa shape index (κ1) is 53.1. The lowest BCUT2D eigenvalue weighted by atomic mass is 10.1. The van der Waals surface area contributed by atoms with Crippen molar-refractivity contribution < 1.29 is 28.6 Å². The van der Waals surface area contributed by atoms with E-state index in [1.54, 1.807) is 0 Å². The number of allylic oxidation sites excluding steroid dienone is 10. The first-order valence-electron chi connectivity index (χ1n) is 23.3. The van der Waals surface area contributed by atoms with Crippen LogP contribution in [0.5, 0.6) is 0 Å². The van der Waals surface area contributed by atoms with Crippen LogP contribution in [0.15, 0.2) is 60.8 Å². The van der Waals surface area contributed by atoms with Crippen LogP contribution in [0.1, 0.15) is 220 Å². The van der Waals surface area contributed by atoms with Gasteiger partial charge >= 0.3 is 17.9 Å². The fraction of sp³-hybridized carbons (Fsp3) is 0.740. The summed E-state index contributed by atoms with van der Waals surface area (Å²) in [5.41, 5.74) is 0. The Hall–Kier alpha value is -2.89. The molecule has 6 heteroatoms. The van der Waals surface area contributed by atoms with E-state index in [-0.39, 0.29) is 31.1 Å². The Bertz CT molecular complexity index is 1040. The van der Waals surface area contributed by atoms with Crippen LogP contribution in [0.2, 0.25) is 0 Å². The van der Waals surface area contributed by atoms with E-state index in [2.05, 4.69) is 81.5 Å². The zero-order valence-corrected chi connectivity index (χ0v) is 36.6. The number of hydrogen-bond donors (Lipinski definition) is 0. The van der Waals surface area contributed by atoms with Gasteiger partial charge in [-0.3, -0.25) is 14.4 Å². The minimum atomic E-state index is -0.791. The number of rotatable bonds is 41. The van der Waals surface area contributed by atoms with Crippen LogP contribution in [0.3, 0.4) is 0 Å². The molecule has 0 aliphatic rings. The summed E-state index contributed by atoms with van der Waals surface area (Å²) in [7, 11) is 0. The van der Waals surface area contributed by atoms with Gasteiger partial charge in [0.05, 0.1) is 0 Å². The Morgan fingerprint density at radius 2 is 0.696 bits per heavy atom. The molecule has 322 valence electrons. The van der Waals surface area contributed by atoms with E-state index in [1.165, 1.54) is 83.5 Å². The summed E-state index contributed by atoms with van der Waals surface area (Å²) in [5, 5.41) is 0. The lowest BCUT2D eigenvalue weighted by molar-refractivity contribution is -0.167. The predicted octanol–water partition coefficient (Wildman–Crippen LogP) is 14.9. The van der Waals surface area contributed by atoms with Crippen molar-refractivity contribution in [3.05, 3.63) is 60.8 Å². The van der Waals surface area contributed by atoms with Crippen LogP contribution >= 0.6 is 0 Å². The van der Waals surface area contributed by atoms with E-state index >= 15 is 0 Å². The summed E-state index contributed by atoms with van der Waals surface area (Å²) < 4.78 is 16.7. The molecule has 0 heterocycles. The van der Waals surface area contributed by atoms with Crippen molar-refractivity contribution in [1.29, 1.82) is 0 Å². The maximum atomic E-state index is 12.7. The second-order valence-electron chi connectivity index (χ2n) is 15.3. The maximum Gasteiger partial charge on any atom is 0.306 e. The molecule has 0 rings (SSSR count). The highest BCUT2D eigenvalue weighted by molar-refractivity contribution is 5.71. The largest absolute Gasteiger partial charge is 0.462 e. The molecule has 0 aliphatic heterocycles. The van der Waals surface area contributed by atoms with Crippen LogP contribution in [0, 0.1) is 0 Å². The number of ether oxygens (including phenoxy) is 3. The van der Waals surface area contributed by atoms with Gasteiger partial charge in [0.25, 0.3) is 0 Å². The molecule has 56 heavy (non-hydrogen) atoms. The molecule has 1 atom stereocenters. The molecular formula is C50H86O6. The van der Waals surface area contributed by atoms with Gasteiger partial charge in [0, 0.05) is 19.3 Å². The molecule has 0 aromatic rings. The van der Waals surface area contributed by atoms with Crippen LogP contribution in [0.4, 0.5) is 0 Å². The predicted molar refractivity (Wildman–Crippen MR) is 238 cm³/mol. The highest BCUT2D eigenvalue weighted by atomic mass is 16.6. The molecule has 0 amide bonds. The van der Waals surface area contributed by atoms with E-state index in [0.717, 1.165) is 96.3 Å². The highest BCUT2D eigenvalue weighted by Gasteiger charge is 2.19. The van der Waals surface area contributed by atoms with Crippen molar-refractivity contribution >= 4 is 17.9 Å². The molecule has 1 unspecified atom stereocenters. The van der Waals surface area contributed by atoms with Gasteiger partial charge in [-0.25, -0.2) is 0 Å². The summed E-state index contributed by atoms with van der Waals surface area (Å²) >= 11 is 0. The minimum Gasteiger partial charge on any atom is -0.462 e. The molecule has 0 aromatic carbocycles. The van der Waals surface area contributed by atoms with Gasteiger partial charge in [-0.1, -0.05) is 178 Å². The molecule has 0 radical (unpaired) electrons. The van der Waals surface area contributed by atoms with Crippen molar-refractivity contribution in [2.75, 3.05) is 13.2 Å². The molecule has 0 saturated heterocycles. The summed E-state index contributed by atoms with van der Waals surface area (Å²) in [6.45, 7) is 6.44. The Labute approximate surface area is 345 Å². The summed E-state index contributed by atoms with van der Waals surface area (Å²) in [6, 6.07) is 0. The zero-order valence-electron chi connectivity index (χ0n) is 36.6. The van der Waals surface area contributed by atoms with Crippen molar-refractivity contribution in [3.63, 3.8) is 0 Å². The third-order valence-electron chi connectivity index (χ3n) is 9.76. The van der Waals surface area contributed by atoms with Crippen LogP contribution in [-0.4, -0.2) is 37.2 Å². The van der Waals surface area contributed by atoms with Crippen LogP contribution < -0.4 is 0 Å². The SMILES string of the molecule is CC/C=C\C/C=C\C/C=C\C/C=C\CCCCC(=O)OCC(COC(=O)CCCCCCCCCCCCC)OC(=O)CCCCCCC/C=C\CCCCC. The van der Waals surface area contributed by atoms with Crippen molar-refractivity contribution in [3.8, 4) is 0 Å². The first-order chi connectivity index (χ1) is 27.5. The molecule has 0 aliphatic carbocycles. The number of carbonyl (C=O) groups is 3. The average molecular weight is 783 g/mol. The lowest BCUT2D eigenvalue weighted by Gasteiger charge is -2.18. The van der Waals surface area contributed by atoms with Gasteiger partial charge in [0.15, 0.2) is 6.10 Å². The summed E-state index contributed by atoms with van der Waals surface area (Å²) in [4.78, 5) is 37.7. The molecule has 0 saturated carbocycles. The average Bonchev–Trinajstić information content (AvgIpc) is 3.19. The lowest BCUT2D eigenvalue weighted by Crippen LogP contribution is -2.30. The Morgan fingerprint density at radius 1 is 0.375 bits per heavy atom. The summed E-state index contributed by atoms with van der Waals surface area (Å²) in [5.74, 6) is -0.945. The monoisotopic (exact) mass is 783 g/mol. The van der Waals surface area contributed by atoms with Gasteiger partial charge in [-0.05, 0) is 83.5 Å². The van der Waals surface area contributed by atoms with Crippen molar-refractivity contribution in [2.24, 2.45) is 0 Å². The van der Waals surface area contributed by atoms with Gasteiger partial charge < -0.3 is 14.2 Å². The highest BCUT2D eigenvalue weighted by Crippen LogP contribution is 2.14. The van der Waals surface area contributed by atoms with E-state index < -0.39 is 6.10 Å². The second kappa shape index (κ2) is 44.8. The number of unbranched alkanes of at least 4 members (excludes halogenated alkanes) is 20. The van der Waals surface area contributed by atoms with E-state index in [0.29, 0.717) is 19.3 Å². The fourth-order valence-electron chi connectivity index (χ4n) is 6.25. The second-order valence-corrected chi connectivity index (χ2v) is 15.3. The number of hydrogen-bond acceptors (Lipinski definition) is 6. The van der Waals surface area contributed by atoms with Gasteiger partial charge in [0.1, 0.15) is 13.2 Å². The quantitative estimate of drug-likeness (QED) is 0.0266. The smallest absolute Gasteiger partial charge is 0.306 e. The Morgan fingerprint density at radius 3 is 1.18 bits per heavy atom. The molecule has 0 fully saturated rings. The van der Waals surface area contributed by atoms with Crippen LogP contribution in [0.25, 0.3) is 0 Å². The fourth-order valence-corrected chi connectivity index (χ4v) is 6.25. The minimum absolute atomic E-state index is 0.0896. The van der Waals surface area contributed by atoms with Gasteiger partial charge in [0.2, 0.25) is 0 Å². The summed E-state index contributed by atoms with van der Waals surface area (Å²) in [6.07, 6.45) is 53.4. The van der Waals surface area contributed by atoms with Gasteiger partial charge in [-0.2, -0.15) is 0 Å². The molecule has 6 nitrogen and oxygen atoms in total. The third-order valence-corrected chi connectivity index (χ3v) is 9.76. The van der Waals surface area contributed by atoms with E-state index in [9.17, 15) is 14.4 Å². The van der Waals surface area contributed by atoms with Gasteiger partial charge in [-0.15, -0.1) is 0 Å². The zero-order chi connectivity index (χ0) is 40.8. The molecule has 0 N–H and O–H groups in total. The first-order valence-corrected chi connectivity index (χ1v) is 23.3. The molecule has 0 bridgehead atoms. The van der Waals surface area contributed by atoms with E-state index in [4.69, 9.17) is 14.2 Å². The standard InChI is InChI=1S/C50H86O6/c1-4-7-10-13-16-19-22-24-25-26-29-31-34-37-40-43-49(52)55-46-47(45-54-48(51)42-39-36-33-30-27-21-18-15-12-9-6-3)56-50(53)44-41-38-35-32-28-23-20-17-14-11-8-5-2/h7,10,16-17,19-20,24-25,29,31,47H,4-6,8-9,11-15,18,21-23,26-28,30,32-46H2,1-3H3/b10-7-,19-16-,20-17-,25-24-,31-29-. The third kappa shape index (κ3) is 42.3. The molecule has 0 aromatic heterocycles.